The van der Waals surface area contributed by atoms with Gasteiger partial charge in [-0.3, -0.25) is 4.99 Å². The standard InChI is InChI=1S/C39H54N4.C8H15N/c1-5-31-12-13-35(24-29(31)2)39-20-17-38(18-21-39,19-22-39)28-43(30(3)32-10-7-6-8-11-32)36-25-33(14-23-41-36)34(26-40)27-42-37(4)15-9-16-37;1-4-8-5-9(6-8)7(2)3/h12-14,23-27,32H,3,5-11,15-22,28,40H2,1-2,4H3;8H,2,4-6H2,1,3H3/b34-26+,42-27?;. The van der Waals surface area contributed by atoms with Crippen LogP contribution in [0.1, 0.15) is 146 Å². The predicted molar refractivity (Wildman–Crippen MR) is 223 cm³/mol. The van der Waals surface area contributed by atoms with Crippen molar-refractivity contribution < 1.29 is 0 Å². The zero-order valence-corrected chi connectivity index (χ0v) is 33.5. The Morgan fingerprint density at radius 2 is 1.65 bits per heavy atom. The second-order valence-electron chi connectivity index (χ2n) is 17.7. The highest BCUT2D eigenvalue weighted by molar-refractivity contribution is 6.10. The van der Waals surface area contributed by atoms with Crippen molar-refractivity contribution in [3.05, 3.63) is 89.5 Å². The lowest BCUT2D eigenvalue weighted by molar-refractivity contribution is 0.0459. The van der Waals surface area contributed by atoms with Crippen LogP contribution in [0.2, 0.25) is 0 Å². The normalized spacial score (nSPS) is 25.9. The molecule has 0 atom stereocenters. The largest absolute Gasteiger partial charge is 0.404 e. The highest BCUT2D eigenvalue weighted by atomic mass is 15.2. The van der Waals surface area contributed by atoms with Crippen molar-refractivity contribution in [2.45, 2.75) is 148 Å². The molecule has 0 spiro atoms. The van der Waals surface area contributed by atoms with Gasteiger partial charge in [0, 0.05) is 55.2 Å². The van der Waals surface area contributed by atoms with Crippen LogP contribution in [0.3, 0.4) is 0 Å². The molecule has 5 aliphatic carbocycles. The molecule has 1 aromatic heterocycles. The Morgan fingerprint density at radius 3 is 2.21 bits per heavy atom. The van der Waals surface area contributed by atoms with Gasteiger partial charge in [0.25, 0.3) is 0 Å². The molecule has 2 bridgehead atoms. The number of hydrogen-bond acceptors (Lipinski definition) is 5. The summed E-state index contributed by atoms with van der Waals surface area (Å²) in [5.74, 6) is 2.52. The Balaban J connectivity index is 0.000000451. The van der Waals surface area contributed by atoms with E-state index in [1.807, 2.05) is 12.4 Å². The van der Waals surface area contributed by atoms with Gasteiger partial charge in [-0.25, -0.2) is 4.98 Å². The van der Waals surface area contributed by atoms with E-state index in [1.165, 1.54) is 119 Å². The molecule has 52 heavy (non-hydrogen) atoms. The first-order chi connectivity index (χ1) is 25.0. The van der Waals surface area contributed by atoms with Crippen molar-refractivity contribution in [2.75, 3.05) is 24.5 Å². The van der Waals surface area contributed by atoms with Crippen molar-refractivity contribution >= 4 is 17.6 Å². The number of aromatic nitrogens is 1. The molecule has 1 saturated heterocycles. The van der Waals surface area contributed by atoms with Crippen molar-refractivity contribution in [2.24, 2.45) is 28.0 Å². The van der Waals surface area contributed by atoms with E-state index in [1.54, 1.807) is 11.8 Å². The van der Waals surface area contributed by atoms with Crippen LogP contribution >= 0.6 is 0 Å². The lowest BCUT2D eigenvalue weighted by Gasteiger charge is -2.55. The number of anilines is 1. The molecule has 1 aliphatic heterocycles. The second-order valence-corrected chi connectivity index (χ2v) is 17.7. The van der Waals surface area contributed by atoms with Gasteiger partial charge in [-0.2, -0.15) is 0 Å². The highest BCUT2D eigenvalue weighted by Crippen LogP contribution is 2.58. The summed E-state index contributed by atoms with van der Waals surface area (Å²) in [4.78, 5) is 14.8. The van der Waals surface area contributed by atoms with Crippen molar-refractivity contribution in [1.29, 1.82) is 0 Å². The minimum atomic E-state index is 0.0680. The predicted octanol–water partition coefficient (Wildman–Crippen LogP) is 11.3. The Hall–Kier alpha value is -3.34. The van der Waals surface area contributed by atoms with E-state index >= 15 is 0 Å². The molecular formula is C47H69N5. The zero-order valence-electron chi connectivity index (χ0n) is 33.5. The zero-order chi connectivity index (χ0) is 36.9. The molecule has 2 heterocycles. The first kappa shape index (κ1) is 38.4. The number of likely N-dealkylation sites (tertiary alicyclic amines) is 1. The average Bonchev–Trinajstić information content (AvgIpc) is 3.14. The Morgan fingerprint density at radius 1 is 0.962 bits per heavy atom. The minimum Gasteiger partial charge on any atom is -0.404 e. The minimum absolute atomic E-state index is 0.0680. The molecular weight excluding hydrogens is 635 g/mol. The number of benzene rings is 1. The molecule has 6 fully saturated rings. The van der Waals surface area contributed by atoms with E-state index in [2.05, 4.69) is 81.3 Å². The van der Waals surface area contributed by atoms with Gasteiger partial charge in [0.15, 0.2) is 0 Å². The lowest BCUT2D eigenvalue weighted by atomic mass is 9.51. The van der Waals surface area contributed by atoms with Crippen molar-refractivity contribution in [1.82, 2.24) is 9.88 Å². The van der Waals surface area contributed by atoms with Gasteiger partial charge in [0.1, 0.15) is 5.82 Å². The van der Waals surface area contributed by atoms with Crippen LogP contribution in [0, 0.1) is 24.2 Å². The number of fused-ring (bicyclic) bond motifs is 3. The molecule has 5 nitrogen and oxygen atoms in total. The van der Waals surface area contributed by atoms with Gasteiger partial charge in [0.05, 0.1) is 5.54 Å². The third-order valence-corrected chi connectivity index (χ3v) is 14.2. The van der Waals surface area contributed by atoms with Gasteiger partial charge in [-0.15, -0.1) is 0 Å². The van der Waals surface area contributed by atoms with E-state index in [9.17, 15) is 0 Å². The smallest absolute Gasteiger partial charge is 0.133 e. The van der Waals surface area contributed by atoms with Crippen LogP contribution in [0.4, 0.5) is 5.82 Å². The molecule has 1 aromatic carbocycles. The number of allylic oxidation sites excluding steroid dienone is 3. The third-order valence-electron chi connectivity index (χ3n) is 14.2. The van der Waals surface area contributed by atoms with Crippen LogP contribution in [-0.4, -0.2) is 41.3 Å². The summed E-state index contributed by atoms with van der Waals surface area (Å²) >= 11 is 0. The summed E-state index contributed by atoms with van der Waals surface area (Å²) in [5.41, 5.74) is 16.0. The fourth-order valence-corrected chi connectivity index (χ4v) is 9.82. The Bertz CT molecular complexity index is 1590. The van der Waals surface area contributed by atoms with E-state index in [0.29, 0.717) is 16.7 Å². The van der Waals surface area contributed by atoms with Gasteiger partial charge in [0.2, 0.25) is 0 Å². The fraction of sp³-hybridized carbons (Fsp3) is 0.617. The van der Waals surface area contributed by atoms with Crippen LogP contribution < -0.4 is 10.6 Å². The van der Waals surface area contributed by atoms with Crippen LogP contribution in [0.25, 0.3) is 5.57 Å². The van der Waals surface area contributed by atoms with Crippen molar-refractivity contribution in [3.63, 3.8) is 0 Å². The molecule has 282 valence electrons. The molecule has 5 heteroatoms. The molecule has 2 aromatic rings. The molecule has 8 rings (SSSR count). The van der Waals surface area contributed by atoms with E-state index in [4.69, 9.17) is 22.3 Å². The maximum Gasteiger partial charge on any atom is 0.133 e. The van der Waals surface area contributed by atoms with E-state index < -0.39 is 0 Å². The van der Waals surface area contributed by atoms with E-state index in [0.717, 1.165) is 48.7 Å². The Labute approximate surface area is 317 Å². The quantitative estimate of drug-likeness (QED) is 0.224. The first-order valence-electron chi connectivity index (χ1n) is 20.9. The summed E-state index contributed by atoms with van der Waals surface area (Å²) in [6, 6.07) is 11.7. The number of hydrogen-bond donors (Lipinski definition) is 1. The summed E-state index contributed by atoms with van der Waals surface area (Å²) in [7, 11) is 0. The molecule has 5 saturated carbocycles. The third kappa shape index (κ3) is 8.39. The number of aliphatic imine (C=N–C) groups is 1. The summed E-state index contributed by atoms with van der Waals surface area (Å²) < 4.78 is 0. The number of nitrogens with zero attached hydrogens (tertiary/aromatic N) is 4. The van der Waals surface area contributed by atoms with Crippen LogP contribution in [-0.2, 0) is 11.8 Å². The van der Waals surface area contributed by atoms with E-state index in [-0.39, 0.29) is 5.54 Å². The van der Waals surface area contributed by atoms with Gasteiger partial charge in [-0.05, 0) is 161 Å². The van der Waals surface area contributed by atoms with Gasteiger partial charge < -0.3 is 15.5 Å². The van der Waals surface area contributed by atoms with Crippen LogP contribution in [0.15, 0.2) is 72.3 Å². The van der Waals surface area contributed by atoms with Crippen molar-refractivity contribution in [3.8, 4) is 0 Å². The first-order valence-corrected chi connectivity index (χ1v) is 20.9. The number of pyridine rings is 1. The fourth-order valence-electron chi connectivity index (χ4n) is 9.82. The maximum absolute atomic E-state index is 6.17. The summed E-state index contributed by atoms with van der Waals surface area (Å²) in [6.07, 6.45) is 25.9. The topological polar surface area (TPSA) is 57.8 Å². The molecule has 2 N–H and O–H groups in total. The molecule has 0 radical (unpaired) electrons. The number of rotatable bonds is 12. The van der Waals surface area contributed by atoms with Gasteiger partial charge in [-0.1, -0.05) is 64.5 Å². The molecule has 0 amide bonds. The van der Waals surface area contributed by atoms with Gasteiger partial charge >= 0.3 is 0 Å². The summed E-state index contributed by atoms with van der Waals surface area (Å²) in [6.45, 7) is 23.3. The maximum atomic E-state index is 6.17. The molecule has 6 aliphatic rings. The second kappa shape index (κ2) is 16.4. The number of nitrogens with two attached hydrogens (primary N) is 1. The molecule has 0 unspecified atom stereocenters. The SMILES string of the molecule is C=C(C)N1CC(CC)C1.C=C(C1CCCCC1)N(CC12CCC(c3ccc(CC)c(C)c3)(CC1)CC2)c1cc(/C(C=NC2(C)CCC2)=C/N)ccn1. The lowest BCUT2D eigenvalue weighted by Crippen LogP contribution is -2.49. The monoisotopic (exact) mass is 704 g/mol. The Kier molecular flexibility index (Phi) is 12.1. The number of aryl methyl sites for hydroxylation is 2. The average molecular weight is 704 g/mol. The summed E-state index contributed by atoms with van der Waals surface area (Å²) in [5, 5.41) is 0. The van der Waals surface area contributed by atoms with Crippen LogP contribution in [0.5, 0.6) is 0 Å². The highest BCUT2D eigenvalue weighted by Gasteiger charge is 2.50.